The smallest absolute Gasteiger partial charge is 0.251 e. The Balaban J connectivity index is 2.96. The van der Waals surface area contributed by atoms with E-state index >= 15 is 0 Å². The summed E-state index contributed by atoms with van der Waals surface area (Å²) in [5, 5.41) is 2.76. The zero-order chi connectivity index (χ0) is 14.6. The Morgan fingerprint density at radius 3 is 2.58 bits per heavy atom. The highest BCUT2D eigenvalue weighted by Gasteiger charge is 2.14. The van der Waals surface area contributed by atoms with Crippen molar-refractivity contribution in [2.75, 3.05) is 19.3 Å². The van der Waals surface area contributed by atoms with E-state index in [0.717, 1.165) is 11.8 Å². The molecule has 1 aromatic rings. The molecule has 1 unspecified atom stereocenters. The van der Waals surface area contributed by atoms with Crippen molar-refractivity contribution in [1.29, 1.82) is 0 Å². The van der Waals surface area contributed by atoms with Gasteiger partial charge in [-0.3, -0.25) is 4.79 Å². The summed E-state index contributed by atoms with van der Waals surface area (Å²) in [5.74, 6) is -0.0920. The molecular weight excluding hydrogens is 264 g/mol. The fourth-order valence-electron chi connectivity index (χ4n) is 1.52. The number of nitrogens with one attached hydrogen (secondary N) is 1. The van der Waals surface area contributed by atoms with Gasteiger partial charge in [-0.25, -0.2) is 8.42 Å². The highest BCUT2D eigenvalue weighted by molar-refractivity contribution is 7.90. The molecule has 0 aliphatic rings. The molecule has 0 aliphatic carbocycles. The van der Waals surface area contributed by atoms with Crippen molar-refractivity contribution < 1.29 is 13.2 Å². The van der Waals surface area contributed by atoms with Crippen LogP contribution in [0, 0.1) is 12.8 Å². The minimum Gasteiger partial charge on any atom is -0.352 e. The summed E-state index contributed by atoms with van der Waals surface area (Å²) in [6.45, 7) is 4.66. The fraction of sp³-hybridized carbons (Fsp3) is 0.462. The lowest BCUT2D eigenvalue weighted by Crippen LogP contribution is -2.31. The van der Waals surface area contributed by atoms with Crippen LogP contribution in [-0.2, 0) is 9.84 Å². The molecule has 5 nitrogen and oxygen atoms in total. The van der Waals surface area contributed by atoms with Crippen molar-refractivity contribution in [3.05, 3.63) is 29.3 Å². The molecule has 0 fully saturated rings. The van der Waals surface area contributed by atoms with Gasteiger partial charge in [-0.2, -0.15) is 0 Å². The first kappa shape index (κ1) is 15.7. The van der Waals surface area contributed by atoms with Crippen LogP contribution < -0.4 is 11.1 Å². The van der Waals surface area contributed by atoms with Gasteiger partial charge in [0.25, 0.3) is 5.91 Å². The molecule has 0 bridgehead atoms. The molecule has 6 heteroatoms. The van der Waals surface area contributed by atoms with Gasteiger partial charge < -0.3 is 11.1 Å². The molecule has 0 saturated carbocycles. The molecule has 1 aromatic carbocycles. The highest BCUT2D eigenvalue weighted by atomic mass is 32.2. The zero-order valence-corrected chi connectivity index (χ0v) is 12.3. The zero-order valence-electron chi connectivity index (χ0n) is 11.4. The Morgan fingerprint density at radius 2 is 2.05 bits per heavy atom. The maximum atomic E-state index is 12.0. The lowest BCUT2D eigenvalue weighted by Gasteiger charge is -2.12. The largest absolute Gasteiger partial charge is 0.352 e. The number of nitrogens with two attached hydrogens (primary N) is 1. The first-order valence-electron chi connectivity index (χ1n) is 6.04. The van der Waals surface area contributed by atoms with Gasteiger partial charge in [0.15, 0.2) is 9.84 Å². The van der Waals surface area contributed by atoms with E-state index in [1.807, 2.05) is 6.92 Å². The van der Waals surface area contributed by atoms with Crippen LogP contribution in [0.25, 0.3) is 0 Å². The number of hydrogen-bond donors (Lipinski definition) is 2. The third kappa shape index (κ3) is 4.33. The average molecular weight is 284 g/mol. The molecular formula is C13H20N2O3S. The molecule has 0 spiro atoms. The first-order chi connectivity index (χ1) is 8.75. The van der Waals surface area contributed by atoms with Gasteiger partial charge in [-0.15, -0.1) is 0 Å². The molecule has 1 amide bonds. The van der Waals surface area contributed by atoms with Gasteiger partial charge in [-0.05, 0) is 37.1 Å². The van der Waals surface area contributed by atoms with E-state index in [1.165, 1.54) is 12.1 Å². The summed E-state index contributed by atoms with van der Waals surface area (Å²) in [5.41, 5.74) is 6.60. The van der Waals surface area contributed by atoms with Crippen LogP contribution in [0.2, 0.25) is 0 Å². The summed E-state index contributed by atoms with van der Waals surface area (Å²) in [4.78, 5) is 12.2. The standard InChI is InChI=1S/C13H20N2O3S/c1-9(7-14)8-15-13(16)12-6-11(19(3,17)18)5-4-10(12)2/h4-6,9H,7-8,14H2,1-3H3,(H,15,16). The molecule has 0 radical (unpaired) electrons. The predicted octanol–water partition coefficient (Wildman–Crippen LogP) is 0.723. The summed E-state index contributed by atoms with van der Waals surface area (Å²) < 4.78 is 23.0. The monoisotopic (exact) mass is 284 g/mol. The number of sulfone groups is 1. The van der Waals surface area contributed by atoms with Crippen LogP contribution in [0.3, 0.4) is 0 Å². The van der Waals surface area contributed by atoms with E-state index < -0.39 is 9.84 Å². The van der Waals surface area contributed by atoms with E-state index in [9.17, 15) is 13.2 Å². The van der Waals surface area contributed by atoms with Crippen molar-refractivity contribution in [3.63, 3.8) is 0 Å². The third-order valence-electron chi connectivity index (χ3n) is 2.90. The van der Waals surface area contributed by atoms with Crippen LogP contribution in [0.1, 0.15) is 22.8 Å². The van der Waals surface area contributed by atoms with Crippen LogP contribution >= 0.6 is 0 Å². The van der Waals surface area contributed by atoms with Crippen molar-refractivity contribution in [1.82, 2.24) is 5.32 Å². The molecule has 19 heavy (non-hydrogen) atoms. The number of aryl methyl sites for hydroxylation is 1. The van der Waals surface area contributed by atoms with Gasteiger partial charge >= 0.3 is 0 Å². The van der Waals surface area contributed by atoms with Gasteiger partial charge in [0, 0.05) is 18.4 Å². The SMILES string of the molecule is Cc1ccc(S(C)(=O)=O)cc1C(=O)NCC(C)CN. The molecule has 0 heterocycles. The summed E-state index contributed by atoms with van der Waals surface area (Å²) in [7, 11) is -3.31. The van der Waals surface area contributed by atoms with Gasteiger partial charge in [0.2, 0.25) is 0 Å². The molecule has 0 aliphatic heterocycles. The minimum absolute atomic E-state index is 0.148. The van der Waals surface area contributed by atoms with Crippen LogP contribution in [0.4, 0.5) is 0 Å². The van der Waals surface area contributed by atoms with Crippen LogP contribution in [0.5, 0.6) is 0 Å². The normalized spacial score (nSPS) is 13.1. The highest BCUT2D eigenvalue weighted by Crippen LogP contribution is 2.15. The van der Waals surface area contributed by atoms with Crippen molar-refractivity contribution >= 4 is 15.7 Å². The Labute approximate surface area is 114 Å². The van der Waals surface area contributed by atoms with Crippen LogP contribution in [-0.4, -0.2) is 33.7 Å². The summed E-state index contributed by atoms with van der Waals surface area (Å²) in [6, 6.07) is 4.55. The quantitative estimate of drug-likeness (QED) is 0.834. The van der Waals surface area contributed by atoms with Crippen LogP contribution in [0.15, 0.2) is 23.1 Å². The first-order valence-corrected chi connectivity index (χ1v) is 7.93. The topological polar surface area (TPSA) is 89.3 Å². The number of hydrogen-bond acceptors (Lipinski definition) is 4. The number of carbonyl (C=O) groups excluding carboxylic acids is 1. The number of benzene rings is 1. The van der Waals surface area contributed by atoms with E-state index in [0.29, 0.717) is 18.7 Å². The molecule has 106 valence electrons. The fourth-order valence-corrected chi connectivity index (χ4v) is 2.17. The third-order valence-corrected chi connectivity index (χ3v) is 4.01. The summed E-state index contributed by atoms with van der Waals surface area (Å²) >= 11 is 0. The minimum atomic E-state index is -3.31. The van der Waals surface area contributed by atoms with E-state index in [4.69, 9.17) is 5.73 Å². The maximum Gasteiger partial charge on any atom is 0.251 e. The van der Waals surface area contributed by atoms with E-state index in [2.05, 4.69) is 5.32 Å². The number of amides is 1. The predicted molar refractivity (Wildman–Crippen MR) is 74.8 cm³/mol. The second-order valence-corrected chi connectivity index (χ2v) is 6.82. The average Bonchev–Trinajstić information content (AvgIpc) is 2.34. The Morgan fingerprint density at radius 1 is 1.42 bits per heavy atom. The molecule has 1 rings (SSSR count). The Kier molecular flexibility index (Phi) is 5.08. The second-order valence-electron chi connectivity index (χ2n) is 4.80. The van der Waals surface area contributed by atoms with Gasteiger partial charge in [0.1, 0.15) is 0 Å². The van der Waals surface area contributed by atoms with Gasteiger partial charge in [-0.1, -0.05) is 13.0 Å². The Bertz CT molecular complexity index is 567. The molecule has 0 aromatic heterocycles. The van der Waals surface area contributed by atoms with Crippen molar-refractivity contribution in [3.8, 4) is 0 Å². The lowest BCUT2D eigenvalue weighted by molar-refractivity contribution is 0.0947. The molecule has 0 saturated heterocycles. The van der Waals surface area contributed by atoms with Gasteiger partial charge in [0.05, 0.1) is 4.90 Å². The van der Waals surface area contributed by atoms with Crippen molar-refractivity contribution in [2.24, 2.45) is 11.7 Å². The Hall–Kier alpha value is -1.40. The second kappa shape index (κ2) is 6.16. The van der Waals surface area contributed by atoms with E-state index in [1.54, 1.807) is 13.0 Å². The number of rotatable bonds is 5. The molecule has 3 N–H and O–H groups in total. The van der Waals surface area contributed by atoms with Crippen molar-refractivity contribution in [2.45, 2.75) is 18.7 Å². The summed E-state index contributed by atoms with van der Waals surface area (Å²) in [6.07, 6.45) is 1.12. The maximum absolute atomic E-state index is 12.0. The lowest BCUT2D eigenvalue weighted by atomic mass is 10.1. The number of carbonyl (C=O) groups is 1. The molecule has 1 atom stereocenters. The van der Waals surface area contributed by atoms with E-state index in [-0.39, 0.29) is 16.7 Å².